The van der Waals surface area contributed by atoms with E-state index in [0.29, 0.717) is 6.61 Å². The summed E-state index contributed by atoms with van der Waals surface area (Å²) in [5.74, 6) is 0. The monoisotopic (exact) mass is 290 g/mol. The molecule has 0 radical (unpaired) electrons. The lowest BCUT2D eigenvalue weighted by molar-refractivity contribution is -0.270. The molecular formula is C15H30O5. The van der Waals surface area contributed by atoms with Gasteiger partial charge in [0.15, 0.2) is 6.29 Å². The first kappa shape index (κ1) is 17.9. The summed E-state index contributed by atoms with van der Waals surface area (Å²) >= 11 is 0. The zero-order chi connectivity index (χ0) is 14.8. The second-order valence-electron chi connectivity index (χ2n) is 5.60. The molecular weight excluding hydrogens is 260 g/mol. The van der Waals surface area contributed by atoms with Crippen LogP contribution in [0.3, 0.4) is 0 Å². The van der Waals surface area contributed by atoms with Crippen LogP contribution in [0.1, 0.15) is 58.3 Å². The summed E-state index contributed by atoms with van der Waals surface area (Å²) < 4.78 is 10.6. The molecule has 1 heterocycles. The van der Waals surface area contributed by atoms with Gasteiger partial charge in [0.1, 0.15) is 18.3 Å². The van der Waals surface area contributed by atoms with Crippen LogP contribution in [-0.4, -0.2) is 53.1 Å². The fraction of sp³-hybridized carbons (Fsp3) is 1.00. The standard InChI is InChI=1S/C15H30O5/c1-2-3-4-5-6-7-8-9-10-19-15-14(18)13(17)12(16)11-20-15/h12-18H,2-11H2,1H3/t12-,13+,14-,15?/m1/s1. The Hall–Kier alpha value is -0.200. The molecule has 1 rings (SSSR count). The van der Waals surface area contributed by atoms with Gasteiger partial charge in [-0.3, -0.25) is 0 Å². The molecule has 1 aliphatic rings. The average molecular weight is 290 g/mol. The minimum atomic E-state index is -1.19. The molecule has 0 amide bonds. The van der Waals surface area contributed by atoms with Gasteiger partial charge in [0.25, 0.3) is 0 Å². The fourth-order valence-electron chi connectivity index (χ4n) is 2.36. The normalized spacial score (nSPS) is 30.6. The van der Waals surface area contributed by atoms with Gasteiger partial charge in [-0.2, -0.15) is 0 Å². The maximum atomic E-state index is 9.67. The van der Waals surface area contributed by atoms with Gasteiger partial charge in [-0.15, -0.1) is 0 Å². The lowest BCUT2D eigenvalue weighted by Crippen LogP contribution is -2.53. The summed E-state index contributed by atoms with van der Waals surface area (Å²) in [6, 6.07) is 0. The molecule has 0 aromatic heterocycles. The van der Waals surface area contributed by atoms with Crippen molar-refractivity contribution in [2.45, 2.75) is 82.9 Å². The SMILES string of the molecule is CCCCCCCCCCOC1OC[C@@H](O)[C@H](O)[C@H]1O. The minimum absolute atomic E-state index is 0.000319. The number of hydrogen-bond acceptors (Lipinski definition) is 5. The number of unbranched alkanes of at least 4 members (excludes halogenated alkanes) is 7. The maximum absolute atomic E-state index is 9.67. The van der Waals surface area contributed by atoms with Crippen molar-refractivity contribution in [3.05, 3.63) is 0 Å². The molecule has 120 valence electrons. The van der Waals surface area contributed by atoms with Crippen LogP contribution >= 0.6 is 0 Å². The van der Waals surface area contributed by atoms with E-state index in [4.69, 9.17) is 9.47 Å². The zero-order valence-corrected chi connectivity index (χ0v) is 12.5. The smallest absolute Gasteiger partial charge is 0.186 e. The Kier molecular flexibility index (Phi) is 9.39. The van der Waals surface area contributed by atoms with E-state index in [2.05, 4.69) is 6.92 Å². The quantitative estimate of drug-likeness (QED) is 0.532. The molecule has 5 nitrogen and oxygen atoms in total. The molecule has 0 bridgehead atoms. The van der Waals surface area contributed by atoms with Gasteiger partial charge in [-0.1, -0.05) is 51.9 Å². The van der Waals surface area contributed by atoms with Gasteiger partial charge in [0, 0.05) is 6.61 Å². The predicted molar refractivity (Wildman–Crippen MR) is 76.3 cm³/mol. The van der Waals surface area contributed by atoms with E-state index in [1.165, 1.54) is 38.5 Å². The van der Waals surface area contributed by atoms with Gasteiger partial charge < -0.3 is 24.8 Å². The van der Waals surface area contributed by atoms with E-state index in [1.807, 2.05) is 0 Å². The Labute approximate surface area is 121 Å². The van der Waals surface area contributed by atoms with Crippen molar-refractivity contribution in [3.8, 4) is 0 Å². The highest BCUT2D eigenvalue weighted by Crippen LogP contribution is 2.17. The number of hydrogen-bond donors (Lipinski definition) is 3. The Morgan fingerprint density at radius 2 is 1.50 bits per heavy atom. The number of aliphatic hydroxyl groups excluding tert-OH is 3. The Morgan fingerprint density at radius 1 is 0.900 bits per heavy atom. The molecule has 0 aromatic carbocycles. The second-order valence-corrected chi connectivity index (χ2v) is 5.60. The van der Waals surface area contributed by atoms with Gasteiger partial charge >= 0.3 is 0 Å². The molecule has 0 aliphatic carbocycles. The lowest BCUT2D eigenvalue weighted by atomic mass is 10.1. The largest absolute Gasteiger partial charge is 0.388 e. The number of ether oxygens (including phenoxy) is 2. The third-order valence-electron chi connectivity index (χ3n) is 3.73. The first-order chi connectivity index (χ1) is 9.66. The van der Waals surface area contributed by atoms with Crippen molar-refractivity contribution in [3.63, 3.8) is 0 Å². The van der Waals surface area contributed by atoms with E-state index in [-0.39, 0.29) is 6.61 Å². The summed E-state index contributed by atoms with van der Waals surface area (Å²) in [5.41, 5.74) is 0. The van der Waals surface area contributed by atoms with Crippen LogP contribution in [-0.2, 0) is 9.47 Å². The third kappa shape index (κ3) is 6.50. The van der Waals surface area contributed by atoms with Crippen molar-refractivity contribution in [1.82, 2.24) is 0 Å². The first-order valence-electron chi connectivity index (χ1n) is 7.94. The number of aliphatic hydroxyl groups is 3. The summed E-state index contributed by atoms with van der Waals surface area (Å²) in [4.78, 5) is 0. The van der Waals surface area contributed by atoms with Crippen LogP contribution in [0.2, 0.25) is 0 Å². The average Bonchev–Trinajstić information content (AvgIpc) is 2.45. The van der Waals surface area contributed by atoms with Crippen LogP contribution in [0.4, 0.5) is 0 Å². The molecule has 0 aromatic rings. The summed E-state index contributed by atoms with van der Waals surface area (Å²) in [5, 5.41) is 28.5. The second kappa shape index (κ2) is 10.5. The molecule has 1 unspecified atom stereocenters. The van der Waals surface area contributed by atoms with Crippen LogP contribution in [0.15, 0.2) is 0 Å². The van der Waals surface area contributed by atoms with Gasteiger partial charge in [-0.05, 0) is 6.42 Å². The van der Waals surface area contributed by atoms with Crippen molar-refractivity contribution in [1.29, 1.82) is 0 Å². The van der Waals surface area contributed by atoms with E-state index in [0.717, 1.165) is 12.8 Å². The predicted octanol–water partition coefficient (Wildman–Crippen LogP) is 1.58. The van der Waals surface area contributed by atoms with E-state index in [9.17, 15) is 15.3 Å². The van der Waals surface area contributed by atoms with Crippen LogP contribution < -0.4 is 0 Å². The van der Waals surface area contributed by atoms with Crippen LogP contribution in [0.5, 0.6) is 0 Å². The Morgan fingerprint density at radius 3 is 2.15 bits per heavy atom. The highest BCUT2D eigenvalue weighted by Gasteiger charge is 2.37. The molecule has 3 N–H and O–H groups in total. The molecule has 0 saturated carbocycles. The summed E-state index contributed by atoms with van der Waals surface area (Å²) in [6.45, 7) is 2.73. The van der Waals surface area contributed by atoms with E-state index < -0.39 is 24.6 Å². The summed E-state index contributed by atoms with van der Waals surface area (Å²) in [6.07, 6.45) is 5.55. The Bertz CT molecular complexity index is 236. The fourth-order valence-corrected chi connectivity index (χ4v) is 2.36. The molecule has 5 heteroatoms. The van der Waals surface area contributed by atoms with Crippen molar-refractivity contribution >= 4 is 0 Å². The first-order valence-corrected chi connectivity index (χ1v) is 7.94. The van der Waals surface area contributed by atoms with Gasteiger partial charge in [0.05, 0.1) is 6.61 Å². The van der Waals surface area contributed by atoms with E-state index >= 15 is 0 Å². The van der Waals surface area contributed by atoms with Gasteiger partial charge in [0.2, 0.25) is 0 Å². The maximum Gasteiger partial charge on any atom is 0.186 e. The van der Waals surface area contributed by atoms with Crippen molar-refractivity contribution < 1.29 is 24.8 Å². The zero-order valence-electron chi connectivity index (χ0n) is 12.5. The van der Waals surface area contributed by atoms with Crippen molar-refractivity contribution in [2.24, 2.45) is 0 Å². The lowest BCUT2D eigenvalue weighted by Gasteiger charge is -2.34. The molecule has 4 atom stereocenters. The topological polar surface area (TPSA) is 79.2 Å². The van der Waals surface area contributed by atoms with Gasteiger partial charge in [-0.25, -0.2) is 0 Å². The molecule has 1 aliphatic heterocycles. The molecule has 1 fully saturated rings. The van der Waals surface area contributed by atoms with E-state index in [1.54, 1.807) is 0 Å². The third-order valence-corrected chi connectivity index (χ3v) is 3.73. The minimum Gasteiger partial charge on any atom is -0.388 e. The van der Waals surface area contributed by atoms with Crippen LogP contribution in [0, 0.1) is 0 Å². The molecule has 1 saturated heterocycles. The highest BCUT2D eigenvalue weighted by atomic mass is 16.7. The molecule has 20 heavy (non-hydrogen) atoms. The molecule has 0 spiro atoms. The van der Waals surface area contributed by atoms with Crippen molar-refractivity contribution in [2.75, 3.05) is 13.2 Å². The number of rotatable bonds is 10. The highest BCUT2D eigenvalue weighted by molar-refractivity contribution is 4.82. The summed E-state index contributed by atoms with van der Waals surface area (Å²) in [7, 11) is 0. The van der Waals surface area contributed by atoms with Crippen LogP contribution in [0.25, 0.3) is 0 Å². The Balaban J connectivity index is 1.96.